The van der Waals surface area contributed by atoms with E-state index in [2.05, 4.69) is 20.8 Å². The number of ether oxygens (including phenoxy) is 8. The number of oxime groups is 1. The fourth-order valence-electron chi connectivity index (χ4n) is 7.87. The van der Waals surface area contributed by atoms with Crippen LogP contribution in [0, 0.1) is 0 Å². The Kier molecular flexibility index (Phi) is 19.8. The second kappa shape index (κ2) is 26.3. The molecule has 3 amide bonds. The maximum Gasteiger partial charge on any atom is 0.514 e. The summed E-state index contributed by atoms with van der Waals surface area (Å²) in [5, 5.41) is 10.1. The van der Waals surface area contributed by atoms with Gasteiger partial charge in [-0.25, -0.2) is 38.1 Å². The van der Waals surface area contributed by atoms with Crippen molar-refractivity contribution in [1.82, 2.24) is 19.8 Å². The number of allylic oxidation sites excluding steroid dienone is 1. The van der Waals surface area contributed by atoms with E-state index in [1.807, 2.05) is 53.6 Å². The van der Waals surface area contributed by atoms with Crippen LogP contribution in [0.4, 0.5) is 19.5 Å². The molecule has 0 spiro atoms. The number of fused-ring (bicyclic) bond motifs is 1. The van der Waals surface area contributed by atoms with E-state index in [-0.39, 0.29) is 40.4 Å². The highest BCUT2D eigenvalue weighted by Crippen LogP contribution is 2.42. The summed E-state index contributed by atoms with van der Waals surface area (Å²) < 4.78 is 47.3. The number of anilines is 1. The summed E-state index contributed by atoms with van der Waals surface area (Å²) in [6.45, 7) is 23.5. The molecule has 23 nitrogen and oxygen atoms in total. The summed E-state index contributed by atoms with van der Waals surface area (Å²) in [7, 11) is 1.54. The summed E-state index contributed by atoms with van der Waals surface area (Å²) in [6.07, 6.45) is 6.30. The molecule has 1 saturated heterocycles. The molecule has 86 heavy (non-hydrogen) atoms. The number of imidazole rings is 1. The fraction of sp³-hybridized carbons (Fsp3) is 0.410. The summed E-state index contributed by atoms with van der Waals surface area (Å²) in [5.74, 6) is -2.35. The van der Waals surface area contributed by atoms with Crippen LogP contribution in [0.25, 0.3) is 11.8 Å². The van der Waals surface area contributed by atoms with Gasteiger partial charge >= 0.3 is 30.3 Å². The molecular formula is C61H72N7O16S2+. The Morgan fingerprint density at radius 2 is 1.37 bits per heavy atom. The molecule has 2 aliphatic heterocycles. The predicted molar refractivity (Wildman–Crippen MR) is 319 cm³/mol. The van der Waals surface area contributed by atoms with Crippen molar-refractivity contribution < 1.29 is 80.9 Å². The molecule has 7 rings (SSSR count). The van der Waals surface area contributed by atoms with Crippen molar-refractivity contribution in [3.8, 4) is 22.9 Å². The monoisotopic (exact) mass is 1220 g/mol. The van der Waals surface area contributed by atoms with Crippen molar-refractivity contribution in [2.24, 2.45) is 5.16 Å². The molecule has 1 fully saturated rings. The Hall–Kier alpha value is -8.71. The number of β-lactam (4-membered cyclic amide) rings is 1. The highest BCUT2D eigenvalue weighted by atomic mass is 32.2. The zero-order chi connectivity index (χ0) is 63.1. The molecule has 458 valence electrons. The number of carbonyl (C=O) groups is 7. The minimum atomic E-state index is -1.70. The number of nitrogens with zero attached hydrogens (tertiary/aromatic N) is 5. The van der Waals surface area contributed by atoms with Gasteiger partial charge in [0.25, 0.3) is 11.8 Å². The first kappa shape index (κ1) is 64.8. The third-order valence-electron chi connectivity index (χ3n) is 11.7. The lowest BCUT2D eigenvalue weighted by atomic mass is 10.0. The lowest BCUT2D eigenvalue weighted by Gasteiger charge is -2.49. The summed E-state index contributed by atoms with van der Waals surface area (Å²) in [6, 6.07) is 18.2. The van der Waals surface area contributed by atoms with Gasteiger partial charge in [-0.05, 0) is 143 Å². The van der Waals surface area contributed by atoms with Crippen LogP contribution in [-0.4, -0.2) is 115 Å². The average Bonchev–Trinajstić information content (AvgIpc) is 3.05. The molecule has 2 atom stereocenters. The quantitative estimate of drug-likeness (QED) is 0.0157. The highest BCUT2D eigenvalue weighted by molar-refractivity contribution is 8.00. The van der Waals surface area contributed by atoms with Crippen LogP contribution < -0.4 is 29.4 Å². The van der Waals surface area contributed by atoms with Crippen LogP contribution in [-0.2, 0) is 60.9 Å². The van der Waals surface area contributed by atoms with Gasteiger partial charge < -0.3 is 48.0 Å². The molecule has 0 saturated carbocycles. The zero-order valence-electron chi connectivity index (χ0n) is 50.7. The van der Waals surface area contributed by atoms with Gasteiger partial charge in [0.1, 0.15) is 82.2 Å². The van der Waals surface area contributed by atoms with E-state index in [0.29, 0.717) is 29.1 Å². The smallest absolute Gasteiger partial charge is 0.497 e. The number of rotatable bonds is 18. The Morgan fingerprint density at radius 1 is 0.756 bits per heavy atom. The molecule has 25 heteroatoms. The number of thiazole rings is 1. The molecule has 2 aliphatic rings. The van der Waals surface area contributed by atoms with Crippen molar-refractivity contribution in [2.45, 2.75) is 150 Å². The molecule has 5 aromatic rings. The average molecular weight is 1220 g/mol. The third-order valence-corrected chi connectivity index (χ3v) is 13.8. The van der Waals surface area contributed by atoms with Gasteiger partial charge in [-0.3, -0.25) is 19.8 Å². The normalized spacial score (nSPS) is 15.6. The Labute approximate surface area is 506 Å². The number of benzene rings is 3. The van der Waals surface area contributed by atoms with E-state index in [0.717, 1.165) is 22.5 Å². The van der Waals surface area contributed by atoms with Crippen LogP contribution in [0.2, 0.25) is 0 Å². The predicted octanol–water partition coefficient (Wildman–Crippen LogP) is 10.2. The van der Waals surface area contributed by atoms with Gasteiger partial charge in [0, 0.05) is 17.2 Å². The number of esters is 2. The number of hydrogen-bond acceptors (Lipinski definition) is 20. The van der Waals surface area contributed by atoms with Crippen LogP contribution in [0.15, 0.2) is 113 Å². The maximum atomic E-state index is 14.4. The van der Waals surface area contributed by atoms with Crippen LogP contribution in [0.5, 0.6) is 17.2 Å². The lowest BCUT2D eigenvalue weighted by Crippen LogP contribution is -2.71. The maximum absolute atomic E-state index is 14.4. The number of nitrogens with one attached hydrogen (secondary N) is 2. The van der Waals surface area contributed by atoms with Crippen molar-refractivity contribution in [3.63, 3.8) is 0 Å². The van der Waals surface area contributed by atoms with Gasteiger partial charge in [-0.15, -0.1) is 23.1 Å². The van der Waals surface area contributed by atoms with Crippen molar-refractivity contribution in [2.75, 3.05) is 18.2 Å². The van der Waals surface area contributed by atoms with Crippen LogP contribution in [0.3, 0.4) is 0 Å². The third kappa shape index (κ3) is 18.2. The number of hydrogen-bond donors (Lipinski definition) is 2. The molecule has 2 aromatic heterocycles. The molecule has 3 aromatic carbocycles. The largest absolute Gasteiger partial charge is 0.514 e. The summed E-state index contributed by atoms with van der Waals surface area (Å²) in [5.41, 5.74) is -2.10. The first-order valence-corrected chi connectivity index (χ1v) is 29.1. The highest BCUT2D eigenvalue weighted by Gasteiger charge is 2.55. The van der Waals surface area contributed by atoms with Crippen LogP contribution in [0.1, 0.15) is 119 Å². The van der Waals surface area contributed by atoms with Crippen molar-refractivity contribution >= 4 is 82.2 Å². The SMILES string of the molecule is COc1ccc(COC(=O)C2=C(/C=C/c3ccc(C[n+]4ccn(-c5ccc(OC(=O)OC(C)(C)C)c(OC(=O)OC(C)(C)C)c5)c4)cc3)CS[C@@H]3[C@H](NC(=O)/C(=N\OC(C)(C)C(=O)OC(C)(C)C)c4csc(NC(=O)OC(C)(C)C)n4)C(=O)N23)cc1. The van der Waals surface area contributed by atoms with E-state index in [9.17, 15) is 33.6 Å². The Bertz CT molecular complexity index is 3450. The molecule has 0 radical (unpaired) electrons. The van der Waals surface area contributed by atoms with Gasteiger partial charge in [-0.2, -0.15) is 0 Å². The second-order valence-corrected chi connectivity index (χ2v) is 26.2. The molecular weight excluding hydrogens is 1150 g/mol. The van der Waals surface area contributed by atoms with Gasteiger partial charge in [-0.1, -0.05) is 53.7 Å². The number of methoxy groups -OCH3 is 1. The zero-order valence-corrected chi connectivity index (χ0v) is 52.3. The Balaban J connectivity index is 1.10. The van der Waals surface area contributed by atoms with Gasteiger partial charge in [0.15, 0.2) is 22.3 Å². The summed E-state index contributed by atoms with van der Waals surface area (Å²) in [4.78, 5) is 105. The molecule has 4 heterocycles. The van der Waals surface area contributed by atoms with E-state index in [4.69, 9.17) is 42.7 Å². The molecule has 0 unspecified atom stereocenters. The second-order valence-electron chi connectivity index (χ2n) is 24.2. The van der Waals surface area contributed by atoms with Crippen LogP contribution >= 0.6 is 23.1 Å². The standard InChI is InChI=1S/C61H71N7O16S2/c1-57(2,3)80-52(72)61(13,14)84-65-45(42-34-86-53(62-42)64-54(73)81-58(4,5)6)48(69)63-46-49(70)68-47(51(71)77-32-38-21-25-41(76-15)26-22-38)39(33-85-50(46)68)23-20-36-16-18-37(19-17-36)31-66-28-29-67(35-66)40-24-27-43(78-55(74)82-59(7,8)9)44(30-40)79-56(75)83-60(10,11)12/h16-30,34-35,46,50H,31-33H2,1-15H3,(H-,62,63,64,69,73)/p+1/b23-20+,65-45-/t46-,50-/m1/s1. The van der Waals surface area contributed by atoms with Gasteiger partial charge in [0.2, 0.25) is 11.9 Å². The first-order valence-electron chi connectivity index (χ1n) is 27.2. The lowest BCUT2D eigenvalue weighted by molar-refractivity contribution is -0.687. The minimum absolute atomic E-state index is 0.00559. The number of amides is 3. The minimum Gasteiger partial charge on any atom is -0.497 e. The topological polar surface area (TPSA) is 264 Å². The molecule has 0 bridgehead atoms. The Morgan fingerprint density at radius 3 is 1.99 bits per heavy atom. The van der Waals surface area contributed by atoms with Crippen molar-refractivity contribution in [3.05, 3.63) is 131 Å². The number of aromatic nitrogens is 3. The van der Waals surface area contributed by atoms with E-state index >= 15 is 0 Å². The van der Waals surface area contributed by atoms with Gasteiger partial charge in [0.05, 0.1) is 7.11 Å². The van der Waals surface area contributed by atoms with E-state index < -0.39 is 87.3 Å². The summed E-state index contributed by atoms with van der Waals surface area (Å²) >= 11 is 2.27. The molecule has 0 aliphatic carbocycles. The molecule has 2 N–H and O–H groups in total. The number of carbonyl (C=O) groups excluding carboxylic acids is 7. The number of thioether (sulfide) groups is 1. The fourth-order valence-corrected chi connectivity index (χ4v) is 9.87. The van der Waals surface area contributed by atoms with Crippen molar-refractivity contribution in [1.29, 1.82) is 0 Å². The van der Waals surface area contributed by atoms with E-state index in [1.54, 1.807) is 131 Å². The van der Waals surface area contributed by atoms with E-state index in [1.165, 1.54) is 48.0 Å². The first-order chi connectivity index (χ1) is 40.1.